The van der Waals surface area contributed by atoms with Crippen LogP contribution in [0.25, 0.3) is 0 Å². The number of ether oxygens (including phenoxy) is 2. The summed E-state index contributed by atoms with van der Waals surface area (Å²) in [4.78, 5) is 0. The minimum absolute atomic E-state index is 0.511. The monoisotopic (exact) mass is 237 g/mol. The Morgan fingerprint density at radius 1 is 1.06 bits per heavy atom. The molecule has 0 aliphatic heterocycles. The molecule has 1 aromatic carbocycles. The van der Waals surface area contributed by atoms with Crippen molar-refractivity contribution in [3.63, 3.8) is 0 Å². The molecule has 0 heterocycles. The minimum atomic E-state index is 0.511. The normalized spacial score (nSPS) is 12.0. The topological polar surface area (TPSA) is 30.5 Å². The molecule has 96 valence electrons. The maximum Gasteiger partial charge on any atom is 0.124 e. The van der Waals surface area contributed by atoms with Crippen molar-refractivity contribution < 1.29 is 9.47 Å². The third kappa shape index (κ3) is 4.17. The van der Waals surface area contributed by atoms with Gasteiger partial charge in [-0.05, 0) is 12.8 Å². The first-order valence-corrected chi connectivity index (χ1v) is 6.23. The highest BCUT2D eigenvalue weighted by Gasteiger charge is 2.07. The smallest absolute Gasteiger partial charge is 0.124 e. The number of hydrogen-bond acceptors (Lipinski definition) is 3. The molecule has 0 bridgehead atoms. The van der Waals surface area contributed by atoms with Crippen LogP contribution >= 0.6 is 0 Å². The van der Waals surface area contributed by atoms with E-state index in [1.807, 2.05) is 18.2 Å². The lowest BCUT2D eigenvalue weighted by atomic mass is 10.1. The first-order chi connectivity index (χ1) is 8.23. The van der Waals surface area contributed by atoms with Crippen molar-refractivity contribution in [2.45, 2.75) is 39.2 Å². The maximum absolute atomic E-state index is 5.25. The van der Waals surface area contributed by atoms with Gasteiger partial charge >= 0.3 is 0 Å². The van der Waals surface area contributed by atoms with Gasteiger partial charge in [0, 0.05) is 29.9 Å². The summed E-state index contributed by atoms with van der Waals surface area (Å²) in [6.07, 6.45) is 3.48. The van der Waals surface area contributed by atoms with Gasteiger partial charge in [0.05, 0.1) is 14.2 Å². The van der Waals surface area contributed by atoms with Crippen LogP contribution in [0.1, 0.15) is 33.1 Å². The number of hydrogen-bond donors (Lipinski definition) is 1. The minimum Gasteiger partial charge on any atom is -0.497 e. The second kappa shape index (κ2) is 7.05. The van der Waals surface area contributed by atoms with Gasteiger partial charge in [0.1, 0.15) is 11.5 Å². The molecule has 0 radical (unpaired) electrons. The van der Waals surface area contributed by atoms with E-state index in [-0.39, 0.29) is 0 Å². The molecule has 1 unspecified atom stereocenters. The van der Waals surface area contributed by atoms with Crippen LogP contribution in [0.2, 0.25) is 0 Å². The Labute approximate surface area is 104 Å². The number of nitrogens with one attached hydrogen (secondary N) is 1. The Bertz CT molecular complexity index is 317. The van der Waals surface area contributed by atoms with E-state index in [1.165, 1.54) is 12.8 Å². The highest BCUT2D eigenvalue weighted by molar-refractivity contribution is 5.54. The van der Waals surface area contributed by atoms with Crippen LogP contribution in [0.4, 0.5) is 5.69 Å². The molecular formula is C14H23NO2. The molecule has 0 aliphatic rings. The predicted octanol–water partition coefficient (Wildman–Crippen LogP) is 3.69. The van der Waals surface area contributed by atoms with Gasteiger partial charge in [0.2, 0.25) is 0 Å². The van der Waals surface area contributed by atoms with Crippen molar-refractivity contribution in [1.82, 2.24) is 0 Å². The number of anilines is 1. The Kier molecular flexibility index (Phi) is 5.67. The highest BCUT2D eigenvalue weighted by atomic mass is 16.5. The fraction of sp³-hybridized carbons (Fsp3) is 0.571. The zero-order valence-corrected chi connectivity index (χ0v) is 11.2. The first kappa shape index (κ1) is 13.7. The van der Waals surface area contributed by atoms with Crippen LogP contribution in [0.15, 0.2) is 18.2 Å². The van der Waals surface area contributed by atoms with E-state index in [1.54, 1.807) is 14.2 Å². The molecular weight excluding hydrogens is 214 g/mol. The van der Waals surface area contributed by atoms with E-state index < -0.39 is 0 Å². The molecule has 0 saturated heterocycles. The summed E-state index contributed by atoms with van der Waals surface area (Å²) in [7, 11) is 3.34. The van der Waals surface area contributed by atoms with Gasteiger partial charge in [-0.15, -0.1) is 0 Å². The van der Waals surface area contributed by atoms with Gasteiger partial charge in [-0.25, -0.2) is 0 Å². The molecule has 17 heavy (non-hydrogen) atoms. The molecule has 0 saturated carbocycles. The van der Waals surface area contributed by atoms with E-state index in [9.17, 15) is 0 Å². The number of rotatable bonds is 7. The van der Waals surface area contributed by atoms with Crippen molar-refractivity contribution in [2.24, 2.45) is 0 Å². The van der Waals surface area contributed by atoms with Crippen LogP contribution in [0.5, 0.6) is 11.5 Å². The molecule has 1 N–H and O–H groups in total. The lowest BCUT2D eigenvalue weighted by Crippen LogP contribution is -2.17. The van der Waals surface area contributed by atoms with Gasteiger partial charge in [-0.1, -0.05) is 20.3 Å². The molecule has 0 amide bonds. The average Bonchev–Trinajstić information content (AvgIpc) is 2.37. The fourth-order valence-electron chi connectivity index (χ4n) is 1.85. The van der Waals surface area contributed by atoms with E-state index in [0.717, 1.165) is 23.6 Å². The molecule has 1 rings (SSSR count). The van der Waals surface area contributed by atoms with Gasteiger partial charge in [0.25, 0.3) is 0 Å². The lowest BCUT2D eigenvalue weighted by Gasteiger charge is -2.18. The van der Waals surface area contributed by atoms with Crippen molar-refractivity contribution in [2.75, 3.05) is 19.5 Å². The first-order valence-electron chi connectivity index (χ1n) is 6.23. The predicted molar refractivity (Wildman–Crippen MR) is 72.2 cm³/mol. The van der Waals surface area contributed by atoms with Gasteiger partial charge in [-0.3, -0.25) is 0 Å². The summed E-state index contributed by atoms with van der Waals surface area (Å²) in [5.41, 5.74) is 1.06. The van der Waals surface area contributed by atoms with Crippen molar-refractivity contribution in [3.8, 4) is 11.5 Å². The number of methoxy groups -OCH3 is 2. The summed E-state index contributed by atoms with van der Waals surface area (Å²) in [6.45, 7) is 4.40. The number of benzene rings is 1. The quantitative estimate of drug-likeness (QED) is 0.784. The third-order valence-electron chi connectivity index (χ3n) is 2.85. The summed E-state index contributed by atoms with van der Waals surface area (Å²) in [5.74, 6) is 1.64. The Balaban J connectivity index is 2.81. The molecule has 0 fully saturated rings. The molecule has 0 aliphatic carbocycles. The summed E-state index contributed by atoms with van der Waals surface area (Å²) in [5, 5.41) is 3.52. The van der Waals surface area contributed by atoms with Crippen LogP contribution in [0, 0.1) is 0 Å². The molecule has 0 spiro atoms. The molecule has 3 nitrogen and oxygen atoms in total. The zero-order chi connectivity index (χ0) is 12.7. The van der Waals surface area contributed by atoms with Crippen LogP contribution in [0.3, 0.4) is 0 Å². The van der Waals surface area contributed by atoms with Crippen molar-refractivity contribution in [1.29, 1.82) is 0 Å². The fourth-order valence-corrected chi connectivity index (χ4v) is 1.85. The summed E-state index contributed by atoms with van der Waals surface area (Å²) in [6, 6.07) is 6.39. The average molecular weight is 237 g/mol. The maximum atomic E-state index is 5.25. The van der Waals surface area contributed by atoms with E-state index in [4.69, 9.17) is 9.47 Å². The van der Waals surface area contributed by atoms with Crippen molar-refractivity contribution in [3.05, 3.63) is 18.2 Å². The standard InChI is InChI=1S/C14H23NO2/c1-5-7-11(6-2)15-12-8-13(16-3)10-14(9-12)17-4/h8-11,15H,5-7H2,1-4H3. The highest BCUT2D eigenvalue weighted by Crippen LogP contribution is 2.26. The van der Waals surface area contributed by atoms with Crippen LogP contribution < -0.4 is 14.8 Å². The van der Waals surface area contributed by atoms with Crippen LogP contribution in [-0.4, -0.2) is 20.3 Å². The van der Waals surface area contributed by atoms with Gasteiger partial charge in [0.15, 0.2) is 0 Å². The molecule has 0 aromatic heterocycles. The largest absolute Gasteiger partial charge is 0.497 e. The Morgan fingerprint density at radius 3 is 2.06 bits per heavy atom. The SMILES string of the molecule is CCCC(CC)Nc1cc(OC)cc(OC)c1. The van der Waals surface area contributed by atoms with Gasteiger partial charge in [-0.2, -0.15) is 0 Å². The molecule has 3 heteroatoms. The summed E-state index contributed by atoms with van der Waals surface area (Å²) < 4.78 is 10.5. The molecule has 1 aromatic rings. The van der Waals surface area contributed by atoms with Crippen LogP contribution in [-0.2, 0) is 0 Å². The van der Waals surface area contributed by atoms with Gasteiger partial charge < -0.3 is 14.8 Å². The zero-order valence-electron chi connectivity index (χ0n) is 11.2. The second-order valence-electron chi connectivity index (χ2n) is 4.14. The van der Waals surface area contributed by atoms with E-state index >= 15 is 0 Å². The summed E-state index contributed by atoms with van der Waals surface area (Å²) >= 11 is 0. The Hall–Kier alpha value is -1.38. The lowest BCUT2D eigenvalue weighted by molar-refractivity contribution is 0.394. The molecule has 1 atom stereocenters. The second-order valence-corrected chi connectivity index (χ2v) is 4.14. The van der Waals surface area contributed by atoms with E-state index in [2.05, 4.69) is 19.2 Å². The Morgan fingerprint density at radius 2 is 1.65 bits per heavy atom. The van der Waals surface area contributed by atoms with E-state index in [0.29, 0.717) is 6.04 Å². The van der Waals surface area contributed by atoms with Crippen molar-refractivity contribution >= 4 is 5.69 Å². The third-order valence-corrected chi connectivity index (χ3v) is 2.85.